The molecule has 33 heavy (non-hydrogen) atoms. The molecule has 0 heterocycles. The van der Waals surface area contributed by atoms with E-state index in [9.17, 15) is 0 Å². The van der Waals surface area contributed by atoms with Crippen molar-refractivity contribution >= 4 is 0 Å². The second kappa shape index (κ2) is 17.1. The van der Waals surface area contributed by atoms with Crippen LogP contribution in [0.3, 0.4) is 0 Å². The van der Waals surface area contributed by atoms with Gasteiger partial charge in [-0.3, -0.25) is 0 Å². The van der Waals surface area contributed by atoms with Crippen molar-refractivity contribution in [3.8, 4) is 0 Å². The second-order valence-electron chi connectivity index (χ2n) is 8.07. The summed E-state index contributed by atoms with van der Waals surface area (Å²) in [5, 5.41) is 0. The molecule has 4 rings (SSSR count). The number of hydrogen-bond donors (Lipinski definition) is 0. The van der Waals surface area contributed by atoms with Crippen LogP contribution in [0, 0.1) is 79.7 Å². The van der Waals surface area contributed by atoms with Crippen LogP contribution >= 0.6 is 0 Å². The molecule has 0 aromatic heterocycles. The minimum atomic E-state index is 0. The Morgan fingerprint density at radius 3 is 0.485 bits per heavy atom. The summed E-state index contributed by atoms with van der Waals surface area (Å²) in [5.74, 6) is 0. The summed E-state index contributed by atoms with van der Waals surface area (Å²) in [6.07, 6.45) is 0. The van der Waals surface area contributed by atoms with Crippen molar-refractivity contribution in [1.82, 2.24) is 0 Å². The van der Waals surface area contributed by atoms with Gasteiger partial charge < -0.3 is 0 Å². The maximum Gasteiger partial charge on any atom is 4.00 e. The molecule has 0 N–H and O–H groups in total. The van der Waals surface area contributed by atoms with Crippen LogP contribution in [0.4, 0.5) is 0 Å². The van der Waals surface area contributed by atoms with Crippen LogP contribution in [0.15, 0.2) is 72.8 Å². The van der Waals surface area contributed by atoms with E-state index in [0.717, 1.165) is 0 Å². The molecule has 0 spiro atoms. The number of hydrogen-bond acceptors (Lipinski definition) is 0. The van der Waals surface area contributed by atoms with Crippen molar-refractivity contribution in [2.24, 2.45) is 0 Å². The topological polar surface area (TPSA) is 0 Å². The molecule has 1 heteroatoms. The first-order valence-corrected chi connectivity index (χ1v) is 11.0. The Balaban J connectivity index is 0.000000410. The molecule has 0 unspecified atom stereocenters. The third kappa shape index (κ3) is 15.9. The van der Waals surface area contributed by atoms with Gasteiger partial charge in [0.25, 0.3) is 0 Å². The molecule has 0 amide bonds. The molecule has 0 atom stereocenters. The summed E-state index contributed by atoms with van der Waals surface area (Å²) < 4.78 is 0. The predicted molar refractivity (Wildman–Crippen MR) is 139 cm³/mol. The zero-order chi connectivity index (χ0) is 23.9. The molecule has 4 aromatic carbocycles. The van der Waals surface area contributed by atoms with E-state index in [1.165, 1.54) is 44.5 Å². The zero-order valence-corrected chi connectivity index (χ0v) is 23.0. The van der Waals surface area contributed by atoms with Crippen LogP contribution in [-0.2, 0) is 21.7 Å². The van der Waals surface area contributed by atoms with Crippen LogP contribution in [0.2, 0.25) is 0 Å². The maximum atomic E-state index is 3.17. The summed E-state index contributed by atoms with van der Waals surface area (Å²) in [7, 11) is 0. The molecule has 0 bridgehead atoms. The predicted octanol–water partition coefficient (Wildman–Crippen LogP) is 8.41. The van der Waals surface area contributed by atoms with E-state index in [1.807, 2.05) is 128 Å². The Morgan fingerprint density at radius 1 is 0.303 bits per heavy atom. The Hall–Kier alpha value is -2.41. The van der Waals surface area contributed by atoms with Gasteiger partial charge in [0.05, 0.1) is 0 Å². The van der Waals surface area contributed by atoms with Crippen molar-refractivity contribution in [3.05, 3.63) is 142 Å². The fraction of sp³-hybridized carbons (Fsp3) is 0.250. The van der Waals surface area contributed by atoms with Gasteiger partial charge in [0.1, 0.15) is 0 Å². The minimum Gasteiger partial charge on any atom is -0.177 e. The molecular formula is C32H36Ti. The van der Waals surface area contributed by atoms with E-state index >= 15 is 0 Å². The Labute approximate surface area is 218 Å². The van der Waals surface area contributed by atoms with Gasteiger partial charge in [0, 0.05) is 0 Å². The fourth-order valence-electron chi connectivity index (χ4n) is 2.92. The molecule has 0 radical (unpaired) electrons. The Kier molecular flexibility index (Phi) is 15.9. The number of benzene rings is 4. The van der Waals surface area contributed by atoms with Gasteiger partial charge in [-0.2, -0.15) is 142 Å². The van der Waals surface area contributed by atoms with Crippen molar-refractivity contribution in [1.29, 1.82) is 0 Å². The fourth-order valence-corrected chi connectivity index (χ4v) is 2.92. The largest absolute Gasteiger partial charge is 4.00 e. The van der Waals surface area contributed by atoms with Gasteiger partial charge in [-0.15, -0.1) is 0 Å². The summed E-state index contributed by atoms with van der Waals surface area (Å²) >= 11 is 0. The van der Waals surface area contributed by atoms with Crippen molar-refractivity contribution in [2.75, 3.05) is 0 Å². The van der Waals surface area contributed by atoms with Gasteiger partial charge >= 0.3 is 21.7 Å². The van der Waals surface area contributed by atoms with Gasteiger partial charge in [-0.05, 0) is 0 Å². The van der Waals surface area contributed by atoms with Crippen molar-refractivity contribution < 1.29 is 21.7 Å². The molecule has 0 aliphatic carbocycles. The first-order chi connectivity index (χ1) is 15.2. The van der Waals surface area contributed by atoms with E-state index in [2.05, 4.69) is 24.3 Å². The summed E-state index contributed by atoms with van der Waals surface area (Å²) in [6, 6.07) is 37.2. The van der Waals surface area contributed by atoms with E-state index in [1.54, 1.807) is 0 Å². The van der Waals surface area contributed by atoms with Crippen LogP contribution < -0.4 is 0 Å². The van der Waals surface area contributed by atoms with E-state index in [-0.39, 0.29) is 21.7 Å². The van der Waals surface area contributed by atoms with Crippen LogP contribution in [0.5, 0.6) is 0 Å². The molecule has 0 saturated carbocycles. The third-order valence-electron chi connectivity index (χ3n) is 4.35. The zero-order valence-electron chi connectivity index (χ0n) is 21.4. The van der Waals surface area contributed by atoms with E-state index < -0.39 is 0 Å². The minimum absolute atomic E-state index is 0. The Morgan fingerprint density at radius 2 is 0.424 bits per heavy atom. The summed E-state index contributed by atoms with van der Waals surface area (Å²) in [5.41, 5.74) is 9.70. The molecule has 0 aliphatic rings. The monoisotopic (exact) mass is 468 g/mol. The van der Waals surface area contributed by atoms with Crippen LogP contribution in [-0.4, -0.2) is 0 Å². The first-order valence-electron chi connectivity index (χ1n) is 11.0. The van der Waals surface area contributed by atoms with Gasteiger partial charge in [0.2, 0.25) is 0 Å². The smallest absolute Gasteiger partial charge is 0.177 e. The molecule has 0 saturated heterocycles. The molecule has 168 valence electrons. The standard InChI is InChI=1S/4C8H9.Ti/c4*1-7-4-3-5-8(2)6-7;/h4*3-5H,1-2H3;/q4*-1;+4. The summed E-state index contributed by atoms with van der Waals surface area (Å²) in [4.78, 5) is 0. The quantitative estimate of drug-likeness (QED) is 0.180. The van der Waals surface area contributed by atoms with Gasteiger partial charge in [-0.25, -0.2) is 0 Å². The third-order valence-corrected chi connectivity index (χ3v) is 4.35. The molecule has 0 nitrogen and oxygen atoms in total. The van der Waals surface area contributed by atoms with E-state index in [0.29, 0.717) is 0 Å². The average molecular weight is 469 g/mol. The number of rotatable bonds is 0. The molecule has 4 aromatic rings. The maximum absolute atomic E-state index is 3.17. The van der Waals surface area contributed by atoms with Gasteiger partial charge in [-0.1, -0.05) is 55.4 Å². The van der Waals surface area contributed by atoms with Gasteiger partial charge in [0.15, 0.2) is 0 Å². The molecule has 0 fully saturated rings. The SMILES string of the molecule is Cc1[c-]c(C)ccc1.Cc1[c-]c(C)ccc1.Cc1[c-]c(C)ccc1.Cc1[c-]c(C)ccc1.[Ti+4]. The summed E-state index contributed by atoms with van der Waals surface area (Å²) in [6.45, 7) is 16.4. The van der Waals surface area contributed by atoms with Crippen LogP contribution in [0.25, 0.3) is 0 Å². The van der Waals surface area contributed by atoms with Crippen molar-refractivity contribution in [3.63, 3.8) is 0 Å². The molecular weight excluding hydrogens is 432 g/mol. The normalized spacial score (nSPS) is 8.97. The number of aryl methyl sites for hydroxylation is 8. The Bertz CT molecular complexity index is 820. The second-order valence-corrected chi connectivity index (χ2v) is 8.07. The average Bonchev–Trinajstić information content (AvgIpc) is 2.69. The van der Waals surface area contributed by atoms with Crippen molar-refractivity contribution in [2.45, 2.75) is 55.4 Å². The van der Waals surface area contributed by atoms with Crippen LogP contribution in [0.1, 0.15) is 44.5 Å². The first kappa shape index (κ1) is 30.6. The molecule has 0 aliphatic heterocycles. The van der Waals surface area contributed by atoms with E-state index in [4.69, 9.17) is 0 Å².